The van der Waals surface area contributed by atoms with Gasteiger partial charge >= 0.3 is 0 Å². The number of aromatic nitrogens is 1. The number of halogens is 3. The fourth-order valence-corrected chi connectivity index (χ4v) is 6.16. The van der Waals surface area contributed by atoms with Crippen LogP contribution < -0.4 is 5.43 Å². The van der Waals surface area contributed by atoms with Crippen molar-refractivity contribution in [1.82, 2.24) is 14.3 Å². The molecule has 208 valence electrons. The number of hydrogen-bond acceptors (Lipinski definition) is 4. The molecular weight excluding hydrogens is 591 g/mol. The fraction of sp³-hybridized carbons (Fsp3) is 0.172. The van der Waals surface area contributed by atoms with Crippen molar-refractivity contribution >= 4 is 56.9 Å². The summed E-state index contributed by atoms with van der Waals surface area (Å²) in [6.45, 7) is 3.52. The van der Waals surface area contributed by atoms with Gasteiger partial charge in [0.25, 0.3) is 5.91 Å². The van der Waals surface area contributed by atoms with Crippen LogP contribution in [-0.4, -0.2) is 42.5 Å². The van der Waals surface area contributed by atoms with Gasteiger partial charge in [-0.15, -0.1) is 0 Å². The van der Waals surface area contributed by atoms with Crippen LogP contribution in [0.3, 0.4) is 0 Å². The molecule has 0 aliphatic rings. The van der Waals surface area contributed by atoms with Gasteiger partial charge in [0.05, 0.1) is 33.4 Å². The Labute approximate surface area is 249 Å². The first-order valence-electron chi connectivity index (χ1n) is 12.3. The third kappa shape index (κ3) is 6.95. The molecule has 0 bridgehead atoms. The molecule has 0 aliphatic carbocycles. The highest BCUT2D eigenvalue weighted by molar-refractivity contribution is 7.89. The smallest absolute Gasteiger partial charge is 0.255 e. The molecule has 7 nitrogen and oxygen atoms in total. The molecular formula is C29H27Cl3N4O3S. The predicted molar refractivity (Wildman–Crippen MR) is 161 cm³/mol. The minimum absolute atomic E-state index is 0.0494. The Hall–Kier alpha value is -3.14. The largest absolute Gasteiger partial charge is 0.316 e. The number of rotatable bonds is 10. The lowest BCUT2D eigenvalue weighted by atomic mass is 10.1. The van der Waals surface area contributed by atoms with E-state index in [2.05, 4.69) is 10.5 Å². The van der Waals surface area contributed by atoms with E-state index in [1.54, 1.807) is 6.07 Å². The molecule has 3 aromatic carbocycles. The highest BCUT2D eigenvalue weighted by Crippen LogP contribution is 2.31. The van der Waals surface area contributed by atoms with Crippen molar-refractivity contribution in [2.75, 3.05) is 13.1 Å². The van der Waals surface area contributed by atoms with Gasteiger partial charge in [0, 0.05) is 28.5 Å². The van der Waals surface area contributed by atoms with Gasteiger partial charge < -0.3 is 4.57 Å². The molecule has 1 aromatic heterocycles. The number of nitrogens with zero attached hydrogens (tertiary/aromatic N) is 3. The normalized spacial score (nSPS) is 11.8. The van der Waals surface area contributed by atoms with Crippen LogP contribution in [-0.2, 0) is 21.2 Å². The third-order valence-corrected chi connectivity index (χ3v) is 9.22. The molecule has 0 aliphatic heterocycles. The molecule has 0 fully saturated rings. The summed E-state index contributed by atoms with van der Waals surface area (Å²) in [7, 11) is -3.97. The first-order valence-corrected chi connectivity index (χ1v) is 14.9. The molecule has 11 heteroatoms. The quantitative estimate of drug-likeness (QED) is 0.164. The van der Waals surface area contributed by atoms with Gasteiger partial charge in [-0.3, -0.25) is 4.79 Å². The number of hydrogen-bond donors (Lipinski definition) is 1. The summed E-state index contributed by atoms with van der Waals surface area (Å²) in [4.78, 5) is 12.9. The van der Waals surface area contributed by atoms with Crippen LogP contribution in [0.2, 0.25) is 15.1 Å². The summed E-state index contributed by atoms with van der Waals surface area (Å²) in [5.41, 5.74) is 6.63. The Kier molecular flexibility index (Phi) is 9.71. The van der Waals surface area contributed by atoms with E-state index in [4.69, 9.17) is 34.8 Å². The Balaban J connectivity index is 1.50. The van der Waals surface area contributed by atoms with Gasteiger partial charge in [-0.05, 0) is 68.3 Å². The van der Waals surface area contributed by atoms with Crippen LogP contribution in [0.1, 0.15) is 22.5 Å². The van der Waals surface area contributed by atoms with E-state index in [9.17, 15) is 13.2 Å². The summed E-state index contributed by atoms with van der Waals surface area (Å²) in [5.74, 6) is -0.575. The summed E-state index contributed by atoms with van der Waals surface area (Å²) in [6.07, 6.45) is 1.94. The number of carbonyl (C=O) groups excluding carboxylic acids is 1. The zero-order chi connectivity index (χ0) is 28.9. The summed E-state index contributed by atoms with van der Waals surface area (Å²) in [6, 6.07) is 22.6. The maximum absolute atomic E-state index is 13.4. The van der Waals surface area contributed by atoms with Crippen molar-refractivity contribution in [3.63, 3.8) is 0 Å². The number of nitrogens with one attached hydrogen (secondary N) is 1. The topological polar surface area (TPSA) is 83.8 Å². The average Bonchev–Trinajstić information content (AvgIpc) is 3.21. The molecule has 0 atom stereocenters. The molecule has 0 spiro atoms. The first kappa shape index (κ1) is 29.8. The molecule has 0 saturated heterocycles. The number of hydrazone groups is 1. The van der Waals surface area contributed by atoms with E-state index in [1.807, 2.05) is 66.9 Å². The number of benzene rings is 3. The molecule has 0 radical (unpaired) electrons. The molecule has 4 rings (SSSR count). The molecule has 1 heterocycles. The maximum Gasteiger partial charge on any atom is 0.255 e. The predicted octanol–water partition coefficient (Wildman–Crippen LogP) is 6.44. The second kappa shape index (κ2) is 13.0. The number of aryl methyl sites for hydroxylation is 1. The van der Waals surface area contributed by atoms with E-state index >= 15 is 0 Å². The molecule has 4 aromatic rings. The highest BCUT2D eigenvalue weighted by atomic mass is 35.5. The Morgan fingerprint density at radius 2 is 1.68 bits per heavy atom. The fourth-order valence-electron chi connectivity index (χ4n) is 4.26. The van der Waals surface area contributed by atoms with E-state index in [-0.39, 0.29) is 11.4 Å². The molecule has 0 saturated carbocycles. The first-order chi connectivity index (χ1) is 19.1. The van der Waals surface area contributed by atoms with Gasteiger partial charge in [-0.25, -0.2) is 13.8 Å². The second-order valence-corrected chi connectivity index (χ2v) is 12.2. The van der Waals surface area contributed by atoms with Crippen molar-refractivity contribution < 1.29 is 13.2 Å². The van der Waals surface area contributed by atoms with Crippen LogP contribution in [0, 0.1) is 13.8 Å². The van der Waals surface area contributed by atoms with E-state index in [1.165, 1.54) is 30.5 Å². The van der Waals surface area contributed by atoms with Gasteiger partial charge in [-0.1, -0.05) is 71.2 Å². The molecule has 40 heavy (non-hydrogen) atoms. The van der Waals surface area contributed by atoms with E-state index < -0.39 is 22.5 Å². The number of carbonyl (C=O) groups is 1. The van der Waals surface area contributed by atoms with Crippen LogP contribution in [0.25, 0.3) is 5.69 Å². The Morgan fingerprint density at radius 1 is 0.975 bits per heavy atom. The summed E-state index contributed by atoms with van der Waals surface area (Å²) < 4.78 is 29.9. The SMILES string of the molecule is Cc1cc(/C=N/NC(=O)CN(CCc2ccccc2)S(=O)(=O)c2ccc(Cl)cc2)c(C)n1-c1cccc(Cl)c1Cl. The van der Waals surface area contributed by atoms with Crippen molar-refractivity contribution in [3.05, 3.63) is 116 Å². The van der Waals surface area contributed by atoms with Crippen LogP contribution in [0.15, 0.2) is 88.9 Å². The third-order valence-electron chi connectivity index (χ3n) is 6.30. The van der Waals surface area contributed by atoms with Crippen LogP contribution >= 0.6 is 34.8 Å². The van der Waals surface area contributed by atoms with E-state index in [0.717, 1.165) is 32.5 Å². The lowest BCUT2D eigenvalue weighted by Crippen LogP contribution is -2.40. The Bertz CT molecular complexity index is 1640. The zero-order valence-corrected chi connectivity index (χ0v) is 24.9. The molecule has 1 amide bonds. The van der Waals surface area contributed by atoms with Crippen LogP contribution in [0.5, 0.6) is 0 Å². The molecule has 1 N–H and O–H groups in total. The van der Waals surface area contributed by atoms with Crippen molar-refractivity contribution in [1.29, 1.82) is 0 Å². The molecule has 0 unspecified atom stereocenters. The lowest BCUT2D eigenvalue weighted by Gasteiger charge is -2.21. The van der Waals surface area contributed by atoms with Crippen molar-refractivity contribution in [2.24, 2.45) is 5.10 Å². The minimum atomic E-state index is -3.97. The second-order valence-electron chi connectivity index (χ2n) is 9.06. The maximum atomic E-state index is 13.4. The zero-order valence-electron chi connectivity index (χ0n) is 21.8. The van der Waals surface area contributed by atoms with Crippen molar-refractivity contribution in [2.45, 2.75) is 25.2 Å². The van der Waals surface area contributed by atoms with Gasteiger partial charge in [-0.2, -0.15) is 9.41 Å². The van der Waals surface area contributed by atoms with Gasteiger partial charge in [0.2, 0.25) is 10.0 Å². The van der Waals surface area contributed by atoms with E-state index in [0.29, 0.717) is 21.5 Å². The number of amides is 1. The monoisotopic (exact) mass is 616 g/mol. The van der Waals surface area contributed by atoms with Gasteiger partial charge in [0.15, 0.2) is 0 Å². The standard InChI is InChI=1S/C29H27Cl3N4O3S/c1-20-17-23(21(2)36(20)27-10-6-9-26(31)29(27)32)18-33-34-28(37)19-35(16-15-22-7-4-3-5-8-22)40(38,39)25-13-11-24(30)12-14-25/h3-14,17-18H,15-16,19H2,1-2H3,(H,34,37)/b33-18+. The lowest BCUT2D eigenvalue weighted by molar-refractivity contribution is -0.121. The van der Waals surface area contributed by atoms with Crippen LogP contribution in [0.4, 0.5) is 0 Å². The average molecular weight is 618 g/mol. The number of sulfonamides is 1. The summed E-state index contributed by atoms with van der Waals surface area (Å²) >= 11 is 18.6. The highest BCUT2D eigenvalue weighted by Gasteiger charge is 2.26. The Morgan fingerprint density at radius 3 is 2.38 bits per heavy atom. The minimum Gasteiger partial charge on any atom is -0.316 e. The summed E-state index contributed by atoms with van der Waals surface area (Å²) in [5, 5.41) is 5.38. The van der Waals surface area contributed by atoms with Gasteiger partial charge in [0.1, 0.15) is 0 Å². The van der Waals surface area contributed by atoms with Crippen molar-refractivity contribution in [3.8, 4) is 5.69 Å².